The van der Waals surface area contributed by atoms with E-state index in [-0.39, 0.29) is 12.3 Å². The van der Waals surface area contributed by atoms with Crippen LogP contribution in [0, 0.1) is 5.92 Å². The Hall–Kier alpha value is -1.14. The number of piperazine rings is 1. The molecule has 1 saturated carbocycles. The molecule has 1 saturated heterocycles. The van der Waals surface area contributed by atoms with Crippen molar-refractivity contribution in [3.8, 4) is 0 Å². The minimum absolute atomic E-state index is 0.200. The summed E-state index contributed by atoms with van der Waals surface area (Å²) in [4.78, 5) is 26.9. The molecule has 20 heavy (non-hydrogen) atoms. The van der Waals surface area contributed by atoms with Gasteiger partial charge in [-0.2, -0.15) is 0 Å². The fourth-order valence-electron chi connectivity index (χ4n) is 3.20. The second-order valence-corrected chi connectivity index (χ2v) is 5.90. The number of carbonyl (C=O) groups excluding carboxylic acids is 2. The van der Waals surface area contributed by atoms with Crippen molar-refractivity contribution < 1.29 is 14.8 Å². The van der Waals surface area contributed by atoms with Gasteiger partial charge in [-0.15, -0.1) is 0 Å². The highest BCUT2D eigenvalue weighted by Crippen LogP contribution is 2.24. The van der Waals surface area contributed by atoms with E-state index in [1.807, 2.05) is 0 Å². The predicted molar refractivity (Wildman–Crippen MR) is 74.1 cm³/mol. The molecule has 6 heteroatoms. The Bertz CT molecular complexity index is 335. The van der Waals surface area contributed by atoms with E-state index < -0.39 is 5.91 Å². The SMILES string of the molecule is O=C(CC(=O)N1CCN(CC2CCCCC2)CC1)NO. The van der Waals surface area contributed by atoms with Crippen LogP contribution >= 0.6 is 0 Å². The van der Waals surface area contributed by atoms with Gasteiger partial charge in [0.1, 0.15) is 6.42 Å². The summed E-state index contributed by atoms with van der Waals surface area (Å²) in [6.07, 6.45) is 6.52. The number of amides is 2. The van der Waals surface area contributed by atoms with E-state index in [2.05, 4.69) is 4.90 Å². The smallest absolute Gasteiger partial charge is 0.252 e. The van der Waals surface area contributed by atoms with Crippen LogP contribution in [-0.4, -0.2) is 59.5 Å². The van der Waals surface area contributed by atoms with E-state index in [9.17, 15) is 9.59 Å². The third kappa shape index (κ3) is 4.45. The Kier molecular flexibility index (Phi) is 5.79. The number of hydrogen-bond acceptors (Lipinski definition) is 4. The van der Waals surface area contributed by atoms with Gasteiger partial charge in [0.2, 0.25) is 5.91 Å². The standard InChI is InChI=1S/C14H25N3O3/c18-13(15-20)10-14(19)17-8-6-16(7-9-17)11-12-4-2-1-3-5-12/h12,20H,1-11H2,(H,15,18). The molecule has 0 unspecified atom stereocenters. The van der Waals surface area contributed by atoms with Crippen LogP contribution in [-0.2, 0) is 9.59 Å². The zero-order chi connectivity index (χ0) is 14.4. The Morgan fingerprint density at radius 1 is 1.05 bits per heavy atom. The number of hydroxylamine groups is 1. The lowest BCUT2D eigenvalue weighted by Gasteiger charge is -2.37. The van der Waals surface area contributed by atoms with Gasteiger partial charge in [0.05, 0.1) is 0 Å². The van der Waals surface area contributed by atoms with E-state index in [1.54, 1.807) is 4.90 Å². The number of carbonyl (C=O) groups is 2. The molecule has 0 atom stereocenters. The fourth-order valence-corrected chi connectivity index (χ4v) is 3.20. The largest absolute Gasteiger partial charge is 0.340 e. The monoisotopic (exact) mass is 283 g/mol. The van der Waals surface area contributed by atoms with Crippen molar-refractivity contribution >= 4 is 11.8 Å². The summed E-state index contributed by atoms with van der Waals surface area (Å²) in [5, 5.41) is 8.43. The number of rotatable bonds is 4. The number of nitrogens with zero attached hydrogens (tertiary/aromatic N) is 2. The maximum absolute atomic E-state index is 11.8. The van der Waals surface area contributed by atoms with Crippen LogP contribution in [0.5, 0.6) is 0 Å². The molecule has 0 bridgehead atoms. The maximum atomic E-state index is 11.8. The zero-order valence-corrected chi connectivity index (χ0v) is 12.0. The Morgan fingerprint density at radius 2 is 1.70 bits per heavy atom. The van der Waals surface area contributed by atoms with Gasteiger partial charge in [-0.3, -0.25) is 19.7 Å². The fraction of sp³-hybridized carbons (Fsp3) is 0.857. The third-order valence-electron chi connectivity index (χ3n) is 4.40. The highest BCUT2D eigenvalue weighted by atomic mass is 16.5. The molecule has 0 spiro atoms. The lowest BCUT2D eigenvalue weighted by atomic mass is 9.89. The van der Waals surface area contributed by atoms with Gasteiger partial charge in [0.25, 0.3) is 5.91 Å². The van der Waals surface area contributed by atoms with Crippen molar-refractivity contribution in [3.05, 3.63) is 0 Å². The molecule has 0 aromatic heterocycles. The van der Waals surface area contributed by atoms with E-state index in [0.29, 0.717) is 13.1 Å². The molecule has 6 nitrogen and oxygen atoms in total. The van der Waals surface area contributed by atoms with Gasteiger partial charge < -0.3 is 4.90 Å². The van der Waals surface area contributed by atoms with Crippen LogP contribution in [0.4, 0.5) is 0 Å². The second kappa shape index (κ2) is 7.59. The Balaban J connectivity index is 1.69. The summed E-state index contributed by atoms with van der Waals surface area (Å²) >= 11 is 0. The van der Waals surface area contributed by atoms with Gasteiger partial charge in [0, 0.05) is 32.7 Å². The summed E-state index contributed by atoms with van der Waals surface area (Å²) in [6, 6.07) is 0. The van der Waals surface area contributed by atoms with E-state index >= 15 is 0 Å². The molecular weight excluding hydrogens is 258 g/mol. The number of nitrogens with one attached hydrogen (secondary N) is 1. The molecule has 2 fully saturated rings. The molecule has 2 aliphatic rings. The van der Waals surface area contributed by atoms with Gasteiger partial charge >= 0.3 is 0 Å². The third-order valence-corrected chi connectivity index (χ3v) is 4.40. The van der Waals surface area contributed by atoms with Crippen LogP contribution < -0.4 is 5.48 Å². The summed E-state index contributed by atoms with van der Waals surface area (Å²) in [5.41, 5.74) is 1.50. The molecule has 1 aliphatic carbocycles. The average Bonchev–Trinajstić information content (AvgIpc) is 2.49. The van der Waals surface area contributed by atoms with Crippen molar-refractivity contribution in [3.63, 3.8) is 0 Å². The van der Waals surface area contributed by atoms with Gasteiger partial charge in [0.15, 0.2) is 0 Å². The van der Waals surface area contributed by atoms with Gasteiger partial charge in [-0.05, 0) is 18.8 Å². The molecule has 2 amide bonds. The lowest BCUT2D eigenvalue weighted by molar-refractivity contribution is -0.140. The molecule has 1 aliphatic heterocycles. The molecule has 0 radical (unpaired) electrons. The van der Waals surface area contributed by atoms with Crippen LogP contribution in [0.15, 0.2) is 0 Å². The van der Waals surface area contributed by atoms with Gasteiger partial charge in [-0.1, -0.05) is 19.3 Å². The lowest BCUT2D eigenvalue weighted by Crippen LogP contribution is -2.50. The van der Waals surface area contributed by atoms with Gasteiger partial charge in [-0.25, -0.2) is 5.48 Å². The van der Waals surface area contributed by atoms with Crippen molar-refractivity contribution in [1.82, 2.24) is 15.3 Å². The minimum atomic E-state index is -0.639. The van der Waals surface area contributed by atoms with Crippen LogP contribution in [0.3, 0.4) is 0 Å². The summed E-state index contributed by atoms with van der Waals surface area (Å²) in [6.45, 7) is 4.31. The first-order chi connectivity index (χ1) is 9.69. The molecule has 1 heterocycles. The highest BCUT2D eigenvalue weighted by Gasteiger charge is 2.24. The Labute approximate surface area is 120 Å². The molecule has 2 rings (SSSR count). The van der Waals surface area contributed by atoms with Crippen LogP contribution in [0.25, 0.3) is 0 Å². The maximum Gasteiger partial charge on any atom is 0.252 e. The van der Waals surface area contributed by atoms with E-state index in [1.165, 1.54) is 37.6 Å². The van der Waals surface area contributed by atoms with Crippen LogP contribution in [0.2, 0.25) is 0 Å². The Morgan fingerprint density at radius 3 is 2.30 bits per heavy atom. The minimum Gasteiger partial charge on any atom is -0.340 e. The first-order valence-electron chi connectivity index (χ1n) is 7.62. The van der Waals surface area contributed by atoms with Crippen molar-refractivity contribution in [2.45, 2.75) is 38.5 Å². The molecule has 114 valence electrons. The predicted octanol–water partition coefficient (Wildman–Crippen LogP) is 0.606. The van der Waals surface area contributed by atoms with Crippen molar-refractivity contribution in [1.29, 1.82) is 0 Å². The molecule has 0 aromatic carbocycles. The normalized spacial score (nSPS) is 21.8. The molecular formula is C14H25N3O3. The van der Waals surface area contributed by atoms with Crippen molar-refractivity contribution in [2.75, 3.05) is 32.7 Å². The quantitative estimate of drug-likeness (QED) is 0.450. The summed E-state index contributed by atoms with van der Waals surface area (Å²) < 4.78 is 0. The molecule has 2 N–H and O–H groups in total. The topological polar surface area (TPSA) is 72.9 Å². The van der Waals surface area contributed by atoms with Crippen molar-refractivity contribution in [2.24, 2.45) is 5.92 Å². The first-order valence-corrected chi connectivity index (χ1v) is 7.62. The summed E-state index contributed by atoms with van der Waals surface area (Å²) in [5.74, 6) is -0.0142. The first kappa shape index (κ1) is 15.3. The van der Waals surface area contributed by atoms with Crippen LogP contribution in [0.1, 0.15) is 38.5 Å². The van der Waals surface area contributed by atoms with E-state index in [0.717, 1.165) is 25.6 Å². The zero-order valence-electron chi connectivity index (χ0n) is 12.0. The second-order valence-electron chi connectivity index (χ2n) is 5.90. The number of hydrogen-bond donors (Lipinski definition) is 2. The summed E-state index contributed by atoms with van der Waals surface area (Å²) in [7, 11) is 0. The molecule has 0 aromatic rings. The average molecular weight is 283 g/mol. The van der Waals surface area contributed by atoms with E-state index in [4.69, 9.17) is 5.21 Å². The highest BCUT2D eigenvalue weighted by molar-refractivity contribution is 5.96.